The van der Waals surface area contributed by atoms with Crippen LogP contribution in [0, 0.1) is 0 Å². The Balaban J connectivity index is 1.92. The highest BCUT2D eigenvalue weighted by molar-refractivity contribution is 5.92. The highest BCUT2D eigenvalue weighted by atomic mass is 16.6. The van der Waals surface area contributed by atoms with E-state index >= 15 is 0 Å². The minimum absolute atomic E-state index is 0.265. The van der Waals surface area contributed by atoms with Crippen LogP contribution in [0.15, 0.2) is 29.2 Å². The molecule has 1 heterocycles. The Morgan fingerprint density at radius 3 is 2.52 bits per heavy atom. The summed E-state index contributed by atoms with van der Waals surface area (Å²) in [5.74, 6) is -1.25. The lowest BCUT2D eigenvalue weighted by Crippen LogP contribution is -2.34. The van der Waals surface area contributed by atoms with E-state index in [1.54, 1.807) is 50.6 Å². The zero-order valence-electron chi connectivity index (χ0n) is 18.7. The van der Waals surface area contributed by atoms with Gasteiger partial charge in [0.15, 0.2) is 0 Å². The number of amides is 1. The summed E-state index contributed by atoms with van der Waals surface area (Å²) in [6.45, 7) is 6.61. The number of carboxylic acid groups (broad SMARTS) is 1. The molecule has 31 heavy (non-hydrogen) atoms. The summed E-state index contributed by atoms with van der Waals surface area (Å²) in [5.41, 5.74) is 0.276. The number of alkyl carbamates (subject to hydrolysis) is 1. The van der Waals surface area contributed by atoms with Crippen molar-refractivity contribution >= 4 is 23.0 Å². The minimum atomic E-state index is -1.25. The van der Waals surface area contributed by atoms with Gasteiger partial charge in [0.2, 0.25) is 5.43 Å². The molecule has 9 nitrogen and oxygen atoms in total. The van der Waals surface area contributed by atoms with Crippen LogP contribution in [0.5, 0.6) is 0 Å². The SMILES string of the molecule is CN(C)n1cc(C(=O)O)c(=O)c2cc(CCCOCCNC(=O)OC(C)(C)C)ccc21. The van der Waals surface area contributed by atoms with E-state index in [2.05, 4.69) is 5.32 Å². The number of aromatic nitrogens is 1. The number of hydrogen-bond donors (Lipinski definition) is 2. The maximum Gasteiger partial charge on any atom is 0.407 e. The summed E-state index contributed by atoms with van der Waals surface area (Å²) in [4.78, 5) is 35.6. The topological polar surface area (TPSA) is 110 Å². The summed E-state index contributed by atoms with van der Waals surface area (Å²) in [6.07, 6.45) is 2.26. The Morgan fingerprint density at radius 1 is 1.19 bits per heavy atom. The minimum Gasteiger partial charge on any atom is -0.477 e. The fourth-order valence-electron chi connectivity index (χ4n) is 3.02. The third-order valence-corrected chi connectivity index (χ3v) is 4.38. The predicted octanol–water partition coefficient (Wildman–Crippen LogP) is 2.37. The maximum absolute atomic E-state index is 12.6. The summed E-state index contributed by atoms with van der Waals surface area (Å²) in [5, 5.41) is 14.1. The van der Waals surface area contributed by atoms with Crippen molar-refractivity contribution in [1.82, 2.24) is 9.99 Å². The van der Waals surface area contributed by atoms with Gasteiger partial charge < -0.3 is 24.9 Å². The standard InChI is InChI=1S/C22H31N3O6/c1-22(2,3)31-21(29)23-10-12-30-11-6-7-15-8-9-18-16(13-15)19(26)17(20(27)28)14-25(18)24(4)5/h8-9,13-14H,6-7,10-12H2,1-5H3,(H,23,29)(H,27,28). The van der Waals surface area contributed by atoms with Gasteiger partial charge in [-0.05, 0) is 51.3 Å². The molecule has 0 atom stereocenters. The largest absolute Gasteiger partial charge is 0.477 e. The molecule has 2 N–H and O–H groups in total. The van der Waals surface area contributed by atoms with Crippen molar-refractivity contribution in [2.45, 2.75) is 39.2 Å². The molecule has 0 fully saturated rings. The van der Waals surface area contributed by atoms with Crippen LogP contribution in [0.25, 0.3) is 10.9 Å². The zero-order valence-corrected chi connectivity index (χ0v) is 18.7. The number of benzene rings is 1. The molecule has 1 amide bonds. The van der Waals surface area contributed by atoms with Crippen molar-refractivity contribution < 1.29 is 24.2 Å². The number of carbonyl (C=O) groups excluding carboxylic acids is 1. The number of nitrogens with zero attached hydrogens (tertiary/aromatic N) is 2. The molecule has 1 aromatic heterocycles. The van der Waals surface area contributed by atoms with E-state index < -0.39 is 23.1 Å². The van der Waals surface area contributed by atoms with Gasteiger partial charge in [-0.1, -0.05) is 6.07 Å². The third-order valence-electron chi connectivity index (χ3n) is 4.38. The lowest BCUT2D eigenvalue weighted by Gasteiger charge is -2.20. The second kappa shape index (κ2) is 10.3. The molecular formula is C22H31N3O6. The van der Waals surface area contributed by atoms with Crippen LogP contribution < -0.4 is 15.8 Å². The summed E-state index contributed by atoms with van der Waals surface area (Å²) < 4.78 is 12.3. The summed E-state index contributed by atoms with van der Waals surface area (Å²) in [7, 11) is 3.55. The molecule has 9 heteroatoms. The normalized spacial score (nSPS) is 11.4. The van der Waals surface area contributed by atoms with Crippen LogP contribution in [0.2, 0.25) is 0 Å². The van der Waals surface area contributed by atoms with E-state index in [1.165, 1.54) is 6.20 Å². The average molecular weight is 434 g/mol. The molecular weight excluding hydrogens is 402 g/mol. The van der Waals surface area contributed by atoms with Gasteiger partial charge in [0, 0.05) is 38.8 Å². The number of aryl methyl sites for hydroxylation is 1. The van der Waals surface area contributed by atoms with Crippen molar-refractivity contribution in [2.75, 3.05) is 38.9 Å². The molecule has 1 aromatic carbocycles. The first kappa shape index (κ1) is 24.2. The van der Waals surface area contributed by atoms with Crippen LogP contribution in [0.3, 0.4) is 0 Å². The first-order valence-electron chi connectivity index (χ1n) is 10.1. The van der Waals surface area contributed by atoms with Crippen LogP contribution in [-0.2, 0) is 15.9 Å². The van der Waals surface area contributed by atoms with Gasteiger partial charge in [-0.3, -0.25) is 9.47 Å². The number of pyridine rings is 1. The van der Waals surface area contributed by atoms with Crippen molar-refractivity contribution in [1.29, 1.82) is 0 Å². The lowest BCUT2D eigenvalue weighted by molar-refractivity contribution is 0.0498. The number of fused-ring (bicyclic) bond motifs is 1. The molecule has 0 spiro atoms. The number of carbonyl (C=O) groups is 2. The molecule has 0 aliphatic rings. The Morgan fingerprint density at radius 2 is 1.90 bits per heavy atom. The van der Waals surface area contributed by atoms with E-state index in [9.17, 15) is 19.5 Å². The third kappa shape index (κ3) is 6.99. The molecule has 0 saturated heterocycles. The van der Waals surface area contributed by atoms with Gasteiger partial charge in [-0.2, -0.15) is 0 Å². The van der Waals surface area contributed by atoms with Gasteiger partial charge >= 0.3 is 12.1 Å². The second-order valence-corrected chi connectivity index (χ2v) is 8.36. The lowest BCUT2D eigenvalue weighted by atomic mass is 10.0. The number of ether oxygens (including phenoxy) is 2. The van der Waals surface area contributed by atoms with Gasteiger partial charge in [-0.25, -0.2) is 9.59 Å². The molecule has 0 unspecified atom stereocenters. The predicted molar refractivity (Wildman–Crippen MR) is 119 cm³/mol. The zero-order chi connectivity index (χ0) is 23.2. The van der Waals surface area contributed by atoms with Gasteiger partial charge in [0.05, 0.1) is 12.1 Å². The molecule has 2 rings (SSSR count). The Labute approximate surface area is 181 Å². The van der Waals surface area contributed by atoms with E-state index in [0.29, 0.717) is 37.1 Å². The smallest absolute Gasteiger partial charge is 0.407 e. The first-order valence-corrected chi connectivity index (χ1v) is 10.1. The van der Waals surface area contributed by atoms with E-state index in [0.717, 1.165) is 12.0 Å². The quantitative estimate of drug-likeness (QED) is 0.584. The van der Waals surface area contributed by atoms with Gasteiger partial charge in [0.1, 0.15) is 11.2 Å². The second-order valence-electron chi connectivity index (χ2n) is 8.36. The molecule has 0 aliphatic carbocycles. The van der Waals surface area contributed by atoms with Crippen molar-refractivity contribution in [3.63, 3.8) is 0 Å². The fourth-order valence-corrected chi connectivity index (χ4v) is 3.02. The van der Waals surface area contributed by atoms with Crippen molar-refractivity contribution in [3.05, 3.63) is 45.7 Å². The maximum atomic E-state index is 12.6. The van der Waals surface area contributed by atoms with E-state index in [4.69, 9.17) is 9.47 Å². The monoisotopic (exact) mass is 433 g/mol. The van der Waals surface area contributed by atoms with Gasteiger partial charge in [0.25, 0.3) is 0 Å². The fraction of sp³-hybridized carbons (Fsp3) is 0.500. The Kier molecular flexibility index (Phi) is 8.04. The molecule has 0 aliphatic heterocycles. The highest BCUT2D eigenvalue weighted by Crippen LogP contribution is 2.16. The van der Waals surface area contributed by atoms with Crippen LogP contribution in [0.1, 0.15) is 43.1 Å². The number of hydrogen-bond acceptors (Lipinski definition) is 6. The van der Waals surface area contributed by atoms with Crippen molar-refractivity contribution in [2.24, 2.45) is 0 Å². The molecule has 2 aromatic rings. The summed E-state index contributed by atoms with van der Waals surface area (Å²) in [6, 6.07) is 5.49. The number of rotatable bonds is 9. The van der Waals surface area contributed by atoms with Crippen LogP contribution >= 0.6 is 0 Å². The Bertz CT molecular complexity index is 991. The molecule has 0 bridgehead atoms. The van der Waals surface area contributed by atoms with Gasteiger partial charge in [-0.15, -0.1) is 0 Å². The molecule has 170 valence electrons. The van der Waals surface area contributed by atoms with E-state index in [-0.39, 0.29) is 5.56 Å². The van der Waals surface area contributed by atoms with E-state index in [1.807, 2.05) is 12.1 Å². The Hall–Kier alpha value is -3.07. The van der Waals surface area contributed by atoms with Crippen LogP contribution in [0.4, 0.5) is 4.79 Å². The van der Waals surface area contributed by atoms with Crippen LogP contribution in [-0.4, -0.2) is 61.3 Å². The molecule has 0 saturated carbocycles. The van der Waals surface area contributed by atoms with Crippen molar-refractivity contribution in [3.8, 4) is 0 Å². The summed E-state index contributed by atoms with van der Waals surface area (Å²) >= 11 is 0. The number of aromatic carboxylic acids is 1. The number of carboxylic acids is 1. The average Bonchev–Trinajstić information content (AvgIpc) is 2.65. The first-order chi connectivity index (χ1) is 14.5. The highest BCUT2D eigenvalue weighted by Gasteiger charge is 2.16. The number of nitrogens with one attached hydrogen (secondary N) is 1. The molecule has 0 radical (unpaired) electrons.